The molecule has 7 heteroatoms. The SMILES string of the molecule is Cc1ccc(S(=O)(=O)N(C)CCCC(=O)O)s1. The Hall–Kier alpha value is -0.920. The molecular weight excluding hydrogens is 262 g/mol. The number of aliphatic carboxylic acids is 1. The molecule has 0 saturated heterocycles. The highest BCUT2D eigenvalue weighted by atomic mass is 32.2. The first-order valence-electron chi connectivity index (χ1n) is 5.08. The zero-order valence-corrected chi connectivity index (χ0v) is 11.3. The van der Waals surface area contributed by atoms with Gasteiger partial charge in [0.2, 0.25) is 0 Å². The second kappa shape index (κ2) is 5.61. The molecule has 5 nitrogen and oxygen atoms in total. The van der Waals surface area contributed by atoms with Crippen LogP contribution in [0.1, 0.15) is 17.7 Å². The van der Waals surface area contributed by atoms with Crippen LogP contribution in [-0.2, 0) is 14.8 Å². The van der Waals surface area contributed by atoms with Crippen LogP contribution in [0.25, 0.3) is 0 Å². The summed E-state index contributed by atoms with van der Waals surface area (Å²) in [5.41, 5.74) is 0. The van der Waals surface area contributed by atoms with Crippen molar-refractivity contribution in [1.82, 2.24) is 4.31 Å². The standard InChI is InChI=1S/C10H15NO4S2/c1-8-5-6-10(16-8)17(14,15)11(2)7-3-4-9(12)13/h5-6H,3-4,7H2,1-2H3,(H,12,13). The van der Waals surface area contributed by atoms with E-state index in [1.54, 1.807) is 12.1 Å². The first-order chi connectivity index (χ1) is 7.84. The van der Waals surface area contributed by atoms with Crippen LogP contribution in [0, 0.1) is 6.92 Å². The fourth-order valence-electron chi connectivity index (χ4n) is 1.28. The lowest BCUT2D eigenvalue weighted by atomic mass is 10.3. The lowest BCUT2D eigenvalue weighted by molar-refractivity contribution is -0.137. The highest BCUT2D eigenvalue weighted by Crippen LogP contribution is 2.23. The van der Waals surface area contributed by atoms with Gasteiger partial charge >= 0.3 is 5.97 Å². The minimum absolute atomic E-state index is 0.0245. The Balaban J connectivity index is 2.67. The highest BCUT2D eigenvalue weighted by Gasteiger charge is 2.21. The Morgan fingerprint density at radius 2 is 2.12 bits per heavy atom. The Bertz CT molecular complexity index is 492. The number of carboxylic acid groups (broad SMARTS) is 1. The van der Waals surface area contributed by atoms with Crippen LogP contribution in [0.2, 0.25) is 0 Å². The molecule has 1 rings (SSSR count). The first kappa shape index (κ1) is 14.1. The summed E-state index contributed by atoms with van der Waals surface area (Å²) in [6.07, 6.45) is 0.290. The van der Waals surface area contributed by atoms with Crippen LogP contribution >= 0.6 is 11.3 Å². The summed E-state index contributed by atoms with van der Waals surface area (Å²) in [4.78, 5) is 11.3. The molecule has 1 aromatic heterocycles. The van der Waals surface area contributed by atoms with Crippen molar-refractivity contribution in [2.24, 2.45) is 0 Å². The number of carboxylic acids is 1. The largest absolute Gasteiger partial charge is 0.481 e. The van der Waals surface area contributed by atoms with Crippen LogP contribution in [0.5, 0.6) is 0 Å². The predicted octanol–water partition coefficient (Wildman–Crippen LogP) is 1.54. The maximum Gasteiger partial charge on any atom is 0.303 e. The van der Waals surface area contributed by atoms with Gasteiger partial charge in [0, 0.05) is 24.9 Å². The second-order valence-corrected chi connectivity index (χ2v) is 7.25. The van der Waals surface area contributed by atoms with Crippen LogP contribution in [0.3, 0.4) is 0 Å². The van der Waals surface area contributed by atoms with Gasteiger partial charge in [0.15, 0.2) is 0 Å². The number of nitrogens with zero attached hydrogens (tertiary/aromatic N) is 1. The minimum atomic E-state index is -3.46. The molecule has 1 heterocycles. The number of hydrogen-bond acceptors (Lipinski definition) is 4. The van der Waals surface area contributed by atoms with Gasteiger partial charge in [0.1, 0.15) is 4.21 Å². The number of aryl methyl sites for hydroxylation is 1. The molecule has 0 aliphatic heterocycles. The summed E-state index contributed by atoms with van der Waals surface area (Å²) in [6, 6.07) is 3.33. The average Bonchev–Trinajstić information content (AvgIpc) is 2.64. The number of hydrogen-bond donors (Lipinski definition) is 1. The zero-order chi connectivity index (χ0) is 13.1. The molecule has 0 fully saturated rings. The molecule has 0 bridgehead atoms. The smallest absolute Gasteiger partial charge is 0.303 e. The molecule has 0 spiro atoms. The van der Waals surface area contributed by atoms with Gasteiger partial charge < -0.3 is 5.11 Å². The van der Waals surface area contributed by atoms with Crippen LogP contribution in [0.4, 0.5) is 0 Å². The van der Waals surface area contributed by atoms with Crippen molar-refractivity contribution in [2.75, 3.05) is 13.6 Å². The molecule has 0 atom stereocenters. The van der Waals surface area contributed by atoms with Gasteiger partial charge in [-0.1, -0.05) is 0 Å². The van der Waals surface area contributed by atoms with Gasteiger partial charge in [-0.2, -0.15) is 0 Å². The van der Waals surface area contributed by atoms with E-state index in [-0.39, 0.29) is 13.0 Å². The molecule has 1 N–H and O–H groups in total. The Labute approximate surface area is 105 Å². The van der Waals surface area contributed by atoms with E-state index in [2.05, 4.69) is 0 Å². The molecule has 0 radical (unpaired) electrons. The van der Waals surface area contributed by atoms with Gasteiger partial charge in [-0.05, 0) is 25.5 Å². The van der Waals surface area contributed by atoms with Gasteiger partial charge in [-0.25, -0.2) is 12.7 Å². The molecule has 1 aromatic rings. The Morgan fingerprint density at radius 1 is 1.47 bits per heavy atom. The molecule has 0 aliphatic rings. The summed E-state index contributed by atoms with van der Waals surface area (Å²) in [7, 11) is -1.99. The third kappa shape index (κ3) is 3.79. The van der Waals surface area contributed by atoms with E-state index in [0.717, 1.165) is 4.88 Å². The number of thiophene rings is 1. The van der Waals surface area contributed by atoms with E-state index in [1.165, 1.54) is 22.7 Å². The summed E-state index contributed by atoms with van der Waals surface area (Å²) >= 11 is 1.22. The number of rotatable bonds is 6. The first-order valence-corrected chi connectivity index (χ1v) is 7.34. The lowest BCUT2D eigenvalue weighted by Gasteiger charge is -2.15. The molecule has 0 amide bonds. The maximum absolute atomic E-state index is 12.0. The van der Waals surface area contributed by atoms with E-state index < -0.39 is 16.0 Å². The molecule has 0 aromatic carbocycles. The third-order valence-corrected chi connectivity index (χ3v) is 5.57. The lowest BCUT2D eigenvalue weighted by Crippen LogP contribution is -2.27. The Morgan fingerprint density at radius 3 is 2.59 bits per heavy atom. The van der Waals surface area contributed by atoms with Crippen LogP contribution in [-0.4, -0.2) is 37.4 Å². The highest BCUT2D eigenvalue weighted by molar-refractivity contribution is 7.91. The van der Waals surface area contributed by atoms with Gasteiger partial charge in [0.05, 0.1) is 0 Å². The van der Waals surface area contributed by atoms with Crippen molar-refractivity contribution in [3.63, 3.8) is 0 Å². The maximum atomic E-state index is 12.0. The van der Waals surface area contributed by atoms with E-state index in [1.807, 2.05) is 6.92 Å². The van der Waals surface area contributed by atoms with Crippen LogP contribution < -0.4 is 0 Å². The minimum Gasteiger partial charge on any atom is -0.481 e. The normalized spacial score (nSPS) is 11.9. The van der Waals surface area contributed by atoms with E-state index >= 15 is 0 Å². The fraction of sp³-hybridized carbons (Fsp3) is 0.500. The van der Waals surface area contributed by atoms with Crippen LogP contribution in [0.15, 0.2) is 16.3 Å². The number of sulfonamides is 1. The van der Waals surface area contributed by atoms with Crippen molar-refractivity contribution < 1.29 is 18.3 Å². The van der Waals surface area contributed by atoms with Gasteiger partial charge in [-0.3, -0.25) is 4.79 Å². The van der Waals surface area contributed by atoms with Crippen molar-refractivity contribution in [3.8, 4) is 0 Å². The summed E-state index contributed by atoms with van der Waals surface area (Å²) in [6.45, 7) is 2.06. The number of carbonyl (C=O) groups is 1. The fourth-order valence-corrected chi connectivity index (χ4v) is 3.98. The van der Waals surface area contributed by atoms with Crippen molar-refractivity contribution in [2.45, 2.75) is 24.0 Å². The van der Waals surface area contributed by atoms with Gasteiger partial charge in [0.25, 0.3) is 10.0 Å². The molecule has 17 heavy (non-hydrogen) atoms. The molecule has 96 valence electrons. The van der Waals surface area contributed by atoms with E-state index in [4.69, 9.17) is 5.11 Å². The summed E-state index contributed by atoms with van der Waals surface area (Å²) in [5.74, 6) is -0.914. The predicted molar refractivity (Wildman–Crippen MR) is 65.7 cm³/mol. The molecular formula is C10H15NO4S2. The average molecular weight is 277 g/mol. The quantitative estimate of drug-likeness (QED) is 0.856. The summed E-state index contributed by atoms with van der Waals surface area (Å²) in [5, 5.41) is 8.48. The van der Waals surface area contributed by atoms with E-state index in [0.29, 0.717) is 10.6 Å². The second-order valence-electron chi connectivity index (χ2n) is 3.69. The van der Waals surface area contributed by atoms with Crippen molar-refractivity contribution in [1.29, 1.82) is 0 Å². The zero-order valence-electron chi connectivity index (χ0n) is 9.71. The monoisotopic (exact) mass is 277 g/mol. The van der Waals surface area contributed by atoms with Gasteiger partial charge in [-0.15, -0.1) is 11.3 Å². The molecule has 0 aliphatic carbocycles. The van der Waals surface area contributed by atoms with E-state index in [9.17, 15) is 13.2 Å². The molecule has 0 saturated carbocycles. The third-order valence-electron chi connectivity index (χ3n) is 2.24. The topological polar surface area (TPSA) is 74.7 Å². The van der Waals surface area contributed by atoms with Crippen molar-refractivity contribution >= 4 is 27.3 Å². The molecule has 0 unspecified atom stereocenters. The Kier molecular flexibility index (Phi) is 4.67. The summed E-state index contributed by atoms with van der Waals surface area (Å²) < 4.78 is 25.5. The van der Waals surface area contributed by atoms with Crippen molar-refractivity contribution in [3.05, 3.63) is 17.0 Å².